The Bertz CT molecular complexity index is 242. The van der Waals surface area contributed by atoms with Crippen LogP contribution in [0, 0.1) is 0 Å². The van der Waals surface area contributed by atoms with Crippen LogP contribution in [0.4, 0.5) is 0 Å². The molecular weight excluding hydrogens is 206 g/mol. The van der Waals surface area contributed by atoms with Gasteiger partial charge in [0.15, 0.2) is 0 Å². The van der Waals surface area contributed by atoms with Crippen molar-refractivity contribution in [1.29, 1.82) is 0 Å². The van der Waals surface area contributed by atoms with Crippen LogP contribution in [0.3, 0.4) is 0 Å². The van der Waals surface area contributed by atoms with Crippen molar-refractivity contribution in [1.82, 2.24) is 4.90 Å². The largest absolute Gasteiger partial charge is 0.350 e. The molecule has 0 aromatic heterocycles. The second-order valence-electron chi connectivity index (χ2n) is 3.53. The fourth-order valence-corrected chi connectivity index (χ4v) is 1.20. The molecule has 0 aromatic rings. The van der Waals surface area contributed by atoms with Crippen LogP contribution < -0.4 is 0 Å². The third kappa shape index (κ3) is 12.7. The first-order valence-electron chi connectivity index (χ1n) is 6.23. The summed E-state index contributed by atoms with van der Waals surface area (Å²) in [6.45, 7) is 25.4. The molecule has 0 aliphatic carbocycles. The summed E-state index contributed by atoms with van der Waals surface area (Å²) in [5.41, 5.74) is 3.66. The predicted molar refractivity (Wildman–Crippen MR) is 83.0 cm³/mol. The van der Waals surface area contributed by atoms with E-state index >= 15 is 0 Å². The smallest absolute Gasteiger partial charge is 0.0196 e. The Labute approximate surface area is 109 Å². The highest BCUT2D eigenvalue weighted by atomic mass is 15.1. The predicted octanol–water partition coefficient (Wildman–Crippen LogP) is 5.54. The average molecular weight is 237 g/mol. The van der Waals surface area contributed by atoms with Crippen molar-refractivity contribution in [3.8, 4) is 0 Å². The summed E-state index contributed by atoms with van der Waals surface area (Å²) in [6.07, 6.45) is 4.26. The van der Waals surface area contributed by atoms with Crippen LogP contribution in [0.5, 0.6) is 0 Å². The Morgan fingerprint density at radius 3 is 1.65 bits per heavy atom. The van der Waals surface area contributed by atoms with Gasteiger partial charge in [-0.1, -0.05) is 32.1 Å². The summed E-state index contributed by atoms with van der Waals surface area (Å²) < 4.78 is 0. The second kappa shape index (κ2) is 14.8. The van der Waals surface area contributed by atoms with Gasteiger partial charge in [0.1, 0.15) is 0 Å². The van der Waals surface area contributed by atoms with Crippen molar-refractivity contribution in [2.45, 2.75) is 48.5 Å². The molecule has 0 amide bonds. The first-order valence-corrected chi connectivity index (χ1v) is 6.23. The van der Waals surface area contributed by atoms with Gasteiger partial charge in [0.2, 0.25) is 0 Å². The molecule has 0 aromatic carbocycles. The van der Waals surface area contributed by atoms with Gasteiger partial charge in [0.25, 0.3) is 0 Å². The molecular formula is C16H31N. The zero-order valence-electron chi connectivity index (χ0n) is 12.9. The van der Waals surface area contributed by atoms with E-state index in [1.165, 1.54) is 11.3 Å². The molecule has 0 atom stereocenters. The van der Waals surface area contributed by atoms with E-state index in [4.69, 9.17) is 0 Å². The zero-order chi connectivity index (χ0) is 14.4. The Hall–Kier alpha value is -1.24. The van der Waals surface area contributed by atoms with Crippen LogP contribution in [0.15, 0.2) is 48.9 Å². The summed E-state index contributed by atoms with van der Waals surface area (Å²) in [6, 6.07) is 0. The molecule has 17 heavy (non-hydrogen) atoms. The molecule has 0 fully saturated rings. The number of allylic oxidation sites excluding steroid dienone is 5. The lowest BCUT2D eigenvalue weighted by molar-refractivity contribution is 0.454. The average Bonchev–Trinajstić information content (AvgIpc) is 2.32. The fraction of sp³-hybridized carbons (Fsp3) is 0.500. The van der Waals surface area contributed by atoms with Crippen molar-refractivity contribution < 1.29 is 0 Å². The van der Waals surface area contributed by atoms with E-state index < -0.39 is 0 Å². The van der Waals surface area contributed by atoms with Gasteiger partial charge in [-0.05, 0) is 40.7 Å². The van der Waals surface area contributed by atoms with Crippen LogP contribution in [0.1, 0.15) is 48.5 Å². The van der Waals surface area contributed by atoms with E-state index in [0.29, 0.717) is 0 Å². The van der Waals surface area contributed by atoms with E-state index in [2.05, 4.69) is 64.5 Å². The molecule has 0 heterocycles. The van der Waals surface area contributed by atoms with Gasteiger partial charge in [-0.3, -0.25) is 0 Å². The lowest BCUT2D eigenvalue weighted by Crippen LogP contribution is -2.17. The summed E-state index contributed by atoms with van der Waals surface area (Å²) in [7, 11) is 0. The van der Waals surface area contributed by atoms with Crippen molar-refractivity contribution in [2.24, 2.45) is 0 Å². The molecule has 1 nitrogen and oxygen atoms in total. The van der Waals surface area contributed by atoms with E-state index in [-0.39, 0.29) is 0 Å². The number of hydrogen-bond acceptors (Lipinski definition) is 1. The molecule has 0 aliphatic heterocycles. The normalized spacial score (nSPS) is 9.00. The lowest BCUT2D eigenvalue weighted by Gasteiger charge is -2.23. The molecule has 0 saturated heterocycles. The van der Waals surface area contributed by atoms with E-state index in [0.717, 1.165) is 12.2 Å². The topological polar surface area (TPSA) is 3.24 Å². The molecule has 1 heteroatoms. The Kier molecular flexibility index (Phi) is 18.3. The fourth-order valence-electron chi connectivity index (χ4n) is 1.20. The monoisotopic (exact) mass is 237 g/mol. The van der Waals surface area contributed by atoms with Gasteiger partial charge in [0, 0.05) is 17.9 Å². The van der Waals surface area contributed by atoms with E-state index in [1.807, 2.05) is 20.8 Å². The van der Waals surface area contributed by atoms with Gasteiger partial charge >= 0.3 is 0 Å². The van der Waals surface area contributed by atoms with Crippen LogP contribution >= 0.6 is 0 Å². The van der Waals surface area contributed by atoms with Crippen LogP contribution in [-0.2, 0) is 0 Å². The van der Waals surface area contributed by atoms with Gasteiger partial charge in [-0.15, -0.1) is 13.2 Å². The Balaban J connectivity index is -0.000000439. The quantitative estimate of drug-likeness (QED) is 0.458. The highest BCUT2D eigenvalue weighted by Crippen LogP contribution is 2.10. The minimum absolute atomic E-state index is 0.980. The third-order valence-electron chi connectivity index (χ3n) is 1.86. The van der Waals surface area contributed by atoms with Crippen molar-refractivity contribution in [2.75, 3.05) is 6.54 Å². The summed E-state index contributed by atoms with van der Waals surface area (Å²) in [5, 5.41) is 0. The molecule has 0 bridgehead atoms. The minimum Gasteiger partial charge on any atom is -0.350 e. The summed E-state index contributed by atoms with van der Waals surface area (Å²) in [5.74, 6) is 0. The molecule has 0 unspecified atom stereocenters. The van der Waals surface area contributed by atoms with Crippen molar-refractivity contribution >= 4 is 0 Å². The van der Waals surface area contributed by atoms with E-state index in [1.54, 1.807) is 0 Å². The maximum Gasteiger partial charge on any atom is 0.0196 e. The molecule has 100 valence electrons. The molecule has 0 saturated carbocycles. The summed E-state index contributed by atoms with van der Waals surface area (Å²) >= 11 is 0. The number of rotatable bonds is 4. The molecule has 0 rings (SSSR count). The highest BCUT2D eigenvalue weighted by Gasteiger charge is 2.00. The molecule has 0 N–H and O–H groups in total. The number of nitrogens with zero attached hydrogens (tertiary/aromatic N) is 1. The lowest BCUT2D eigenvalue weighted by atomic mass is 10.2. The first-order chi connectivity index (χ1) is 7.99. The van der Waals surface area contributed by atoms with Crippen molar-refractivity contribution in [3.05, 3.63) is 48.9 Å². The molecule has 0 spiro atoms. The van der Waals surface area contributed by atoms with E-state index in [9.17, 15) is 0 Å². The van der Waals surface area contributed by atoms with Crippen molar-refractivity contribution in [3.63, 3.8) is 0 Å². The van der Waals surface area contributed by atoms with Crippen LogP contribution in [-0.4, -0.2) is 11.4 Å². The zero-order valence-corrected chi connectivity index (χ0v) is 12.9. The Morgan fingerprint density at radius 1 is 1.00 bits per heavy atom. The van der Waals surface area contributed by atoms with Gasteiger partial charge < -0.3 is 4.90 Å². The highest BCUT2D eigenvalue weighted by molar-refractivity contribution is 5.16. The Morgan fingerprint density at radius 2 is 1.41 bits per heavy atom. The van der Waals surface area contributed by atoms with Crippen LogP contribution in [0.2, 0.25) is 0 Å². The first kappa shape index (κ1) is 21.1. The minimum atomic E-state index is 0.980. The van der Waals surface area contributed by atoms with Gasteiger partial charge in [-0.2, -0.15) is 0 Å². The number of hydrogen-bond donors (Lipinski definition) is 0. The molecule has 0 aliphatic rings. The van der Waals surface area contributed by atoms with Gasteiger partial charge in [0.05, 0.1) is 0 Å². The van der Waals surface area contributed by atoms with Gasteiger partial charge in [-0.25, -0.2) is 0 Å². The maximum atomic E-state index is 3.94. The van der Waals surface area contributed by atoms with Crippen LogP contribution in [0.25, 0.3) is 0 Å². The standard InChI is InChI=1S/C12H21N.C2H6.C2H4/c1-7-13(11(4)5)12(6)9-8-10(2)3;2*1-2/h8-9H,4,7H2,1-3,5-6H3;1-2H3;1-2H2/b12-9+;;. The maximum absolute atomic E-state index is 3.94. The second-order valence-corrected chi connectivity index (χ2v) is 3.53. The summed E-state index contributed by atoms with van der Waals surface area (Å²) in [4.78, 5) is 2.19. The molecule has 0 radical (unpaired) electrons. The third-order valence-corrected chi connectivity index (χ3v) is 1.86. The SMILES string of the molecule is C=C.C=C(C)N(CC)/C(C)=C/C=C(C)C.CC.